The van der Waals surface area contributed by atoms with Crippen molar-refractivity contribution in [3.05, 3.63) is 0 Å². The third-order valence-corrected chi connectivity index (χ3v) is 6.75. The maximum atomic E-state index is 11.3. The summed E-state index contributed by atoms with van der Waals surface area (Å²) in [5.41, 5.74) is -0.312. The molecule has 0 atom stereocenters. The SMILES string of the molecule is CN(C(C)(C)C)S(C)(=O)=O.CN(C)S(=O)(=O)C(C)(C)C. The van der Waals surface area contributed by atoms with Crippen LogP contribution in [0.3, 0.4) is 0 Å². The molecule has 8 heteroatoms. The first kappa shape index (κ1) is 22.1. The zero-order valence-electron chi connectivity index (χ0n) is 14.3. The summed E-state index contributed by atoms with van der Waals surface area (Å²) in [6.45, 7) is 10.6. The Morgan fingerprint density at radius 3 is 1.05 bits per heavy atom. The van der Waals surface area contributed by atoms with E-state index in [4.69, 9.17) is 0 Å². The summed E-state index contributed by atoms with van der Waals surface area (Å²) in [6.07, 6.45) is 1.21. The first-order valence-corrected chi connectivity index (χ1v) is 9.50. The summed E-state index contributed by atoms with van der Waals surface area (Å²) < 4.78 is 46.3. The van der Waals surface area contributed by atoms with Crippen LogP contribution in [0, 0.1) is 0 Å². The van der Waals surface area contributed by atoms with Crippen molar-refractivity contribution in [1.82, 2.24) is 8.61 Å². The van der Waals surface area contributed by atoms with Crippen LogP contribution in [0.25, 0.3) is 0 Å². The molecule has 0 N–H and O–H groups in total. The van der Waals surface area contributed by atoms with Gasteiger partial charge in [0.15, 0.2) is 0 Å². The number of rotatable bonds is 2. The molecule has 0 saturated carbocycles. The lowest BCUT2D eigenvalue weighted by molar-refractivity contribution is 0.294. The molecule has 0 unspecified atom stereocenters. The van der Waals surface area contributed by atoms with Crippen molar-refractivity contribution in [2.45, 2.75) is 51.8 Å². The van der Waals surface area contributed by atoms with E-state index in [2.05, 4.69) is 0 Å². The molecule has 0 aliphatic heterocycles. The van der Waals surface area contributed by atoms with Gasteiger partial charge in [-0.15, -0.1) is 0 Å². The van der Waals surface area contributed by atoms with Gasteiger partial charge in [0.1, 0.15) is 0 Å². The third-order valence-electron chi connectivity index (χ3n) is 2.70. The van der Waals surface area contributed by atoms with Crippen molar-refractivity contribution >= 4 is 20.0 Å². The maximum absolute atomic E-state index is 11.3. The van der Waals surface area contributed by atoms with Crippen molar-refractivity contribution in [3.63, 3.8) is 0 Å². The second-order valence-electron chi connectivity index (χ2n) is 6.80. The van der Waals surface area contributed by atoms with Crippen LogP contribution >= 0.6 is 0 Å². The average molecular weight is 331 g/mol. The quantitative estimate of drug-likeness (QED) is 0.766. The summed E-state index contributed by atoms with van der Waals surface area (Å²) in [5, 5.41) is 0. The normalized spacial score (nSPS) is 14.2. The Morgan fingerprint density at radius 1 is 0.750 bits per heavy atom. The Hall–Kier alpha value is -0.180. The predicted molar refractivity (Wildman–Crippen MR) is 84.7 cm³/mol. The number of nitrogens with zero attached hydrogens (tertiary/aromatic N) is 2. The van der Waals surface area contributed by atoms with E-state index in [9.17, 15) is 16.8 Å². The summed E-state index contributed by atoms with van der Waals surface area (Å²) in [6, 6.07) is 0. The molecule has 0 aliphatic rings. The molecular weight excluding hydrogens is 300 g/mol. The first-order valence-electron chi connectivity index (χ1n) is 6.21. The van der Waals surface area contributed by atoms with Gasteiger partial charge in [0.25, 0.3) is 0 Å². The van der Waals surface area contributed by atoms with Crippen LogP contribution in [0.5, 0.6) is 0 Å². The van der Waals surface area contributed by atoms with Crippen LogP contribution < -0.4 is 0 Å². The molecule has 0 heterocycles. The number of hydrogen-bond donors (Lipinski definition) is 0. The monoisotopic (exact) mass is 330 g/mol. The van der Waals surface area contributed by atoms with Crippen LogP contribution in [-0.4, -0.2) is 63.1 Å². The molecule has 0 saturated heterocycles. The van der Waals surface area contributed by atoms with Gasteiger partial charge >= 0.3 is 0 Å². The molecule has 0 aromatic carbocycles. The van der Waals surface area contributed by atoms with Crippen molar-refractivity contribution in [3.8, 4) is 0 Å². The number of sulfonamides is 2. The standard InChI is InChI=1S/2C6H15NO2S/c1-6(2,3)7(4)10(5,8)9;1-6(2,3)10(8,9)7(4)5/h2*1-5H3. The third kappa shape index (κ3) is 7.01. The van der Waals surface area contributed by atoms with Gasteiger partial charge in [-0.25, -0.2) is 21.1 Å². The van der Waals surface area contributed by atoms with Gasteiger partial charge in [0, 0.05) is 26.7 Å². The summed E-state index contributed by atoms with van der Waals surface area (Å²) in [7, 11) is -1.45. The van der Waals surface area contributed by atoms with E-state index in [1.54, 1.807) is 41.9 Å². The molecule has 0 fully saturated rings. The molecule has 124 valence electrons. The molecule has 0 aromatic rings. The van der Waals surface area contributed by atoms with Gasteiger partial charge in [-0.05, 0) is 41.5 Å². The molecule has 0 aliphatic carbocycles. The van der Waals surface area contributed by atoms with E-state index < -0.39 is 24.8 Å². The molecule has 0 radical (unpaired) electrons. The van der Waals surface area contributed by atoms with E-state index >= 15 is 0 Å². The zero-order valence-corrected chi connectivity index (χ0v) is 16.0. The maximum Gasteiger partial charge on any atom is 0.218 e. The second-order valence-corrected chi connectivity index (χ2v) is 11.7. The Morgan fingerprint density at radius 2 is 1.05 bits per heavy atom. The van der Waals surface area contributed by atoms with E-state index in [0.29, 0.717) is 0 Å². The van der Waals surface area contributed by atoms with Gasteiger partial charge in [-0.1, -0.05) is 0 Å². The van der Waals surface area contributed by atoms with Crippen LogP contribution in [-0.2, 0) is 20.0 Å². The Balaban J connectivity index is 0. The van der Waals surface area contributed by atoms with Gasteiger partial charge < -0.3 is 0 Å². The second kappa shape index (κ2) is 6.72. The van der Waals surface area contributed by atoms with Crippen molar-refractivity contribution < 1.29 is 16.8 Å². The lowest BCUT2D eigenvalue weighted by Crippen LogP contribution is -2.41. The molecule has 0 aromatic heterocycles. The van der Waals surface area contributed by atoms with Gasteiger partial charge in [0.2, 0.25) is 20.0 Å². The smallest absolute Gasteiger partial charge is 0.212 e. The van der Waals surface area contributed by atoms with Crippen LogP contribution in [0.2, 0.25) is 0 Å². The molecule has 0 amide bonds. The van der Waals surface area contributed by atoms with E-state index in [-0.39, 0.29) is 5.54 Å². The van der Waals surface area contributed by atoms with E-state index in [1.807, 2.05) is 20.8 Å². The molecule has 20 heavy (non-hydrogen) atoms. The molecular formula is C12H30N2O4S2. The highest BCUT2D eigenvalue weighted by molar-refractivity contribution is 7.90. The minimum absolute atomic E-state index is 0.312. The highest BCUT2D eigenvalue weighted by Crippen LogP contribution is 2.16. The van der Waals surface area contributed by atoms with Gasteiger partial charge in [0.05, 0.1) is 11.0 Å². The minimum atomic E-state index is -3.08. The fraction of sp³-hybridized carbons (Fsp3) is 1.00. The van der Waals surface area contributed by atoms with E-state index in [0.717, 1.165) is 0 Å². The minimum Gasteiger partial charge on any atom is -0.212 e. The Bertz CT molecular complexity index is 495. The molecule has 0 spiro atoms. The topological polar surface area (TPSA) is 74.8 Å². The Labute approximate surface area is 125 Å². The highest BCUT2D eigenvalue weighted by atomic mass is 32.2. The van der Waals surface area contributed by atoms with Gasteiger partial charge in [-0.3, -0.25) is 0 Å². The van der Waals surface area contributed by atoms with E-state index in [1.165, 1.54) is 14.9 Å². The van der Waals surface area contributed by atoms with Crippen molar-refractivity contribution in [2.24, 2.45) is 0 Å². The lowest BCUT2D eigenvalue weighted by atomic mass is 10.1. The molecule has 0 rings (SSSR count). The lowest BCUT2D eigenvalue weighted by Gasteiger charge is -2.29. The Kier molecular flexibility index (Phi) is 7.43. The summed E-state index contributed by atoms with van der Waals surface area (Å²) in [5.74, 6) is 0. The van der Waals surface area contributed by atoms with Crippen LogP contribution in [0.4, 0.5) is 0 Å². The van der Waals surface area contributed by atoms with Crippen molar-refractivity contribution in [2.75, 3.05) is 27.4 Å². The number of hydrogen-bond acceptors (Lipinski definition) is 4. The zero-order chi connectivity index (χ0) is 17.2. The highest BCUT2D eigenvalue weighted by Gasteiger charge is 2.30. The fourth-order valence-electron chi connectivity index (χ4n) is 1.05. The van der Waals surface area contributed by atoms with Gasteiger partial charge in [-0.2, -0.15) is 4.31 Å². The van der Waals surface area contributed by atoms with Crippen LogP contribution in [0.15, 0.2) is 0 Å². The molecule has 6 nitrogen and oxygen atoms in total. The van der Waals surface area contributed by atoms with Crippen molar-refractivity contribution in [1.29, 1.82) is 0 Å². The fourth-order valence-corrected chi connectivity index (χ4v) is 3.14. The molecule has 0 bridgehead atoms. The predicted octanol–water partition coefficient (Wildman–Crippen LogP) is 1.35. The summed E-state index contributed by atoms with van der Waals surface area (Å²) >= 11 is 0. The summed E-state index contributed by atoms with van der Waals surface area (Å²) in [4.78, 5) is 0. The average Bonchev–Trinajstić information content (AvgIpc) is 2.12. The largest absolute Gasteiger partial charge is 0.218 e. The van der Waals surface area contributed by atoms with Crippen LogP contribution in [0.1, 0.15) is 41.5 Å². The first-order chi connectivity index (χ1) is 8.35.